The third-order valence-electron chi connectivity index (χ3n) is 4.98. The monoisotopic (exact) mass is 367 g/mol. The van der Waals surface area contributed by atoms with E-state index in [1.54, 1.807) is 15.7 Å². The molecular weight excluding hydrogens is 346 g/mol. The van der Waals surface area contributed by atoms with Crippen LogP contribution in [0.3, 0.4) is 0 Å². The lowest BCUT2D eigenvalue weighted by atomic mass is 10.0. The first-order valence-corrected chi connectivity index (χ1v) is 9.82. The average Bonchev–Trinajstić information content (AvgIpc) is 3.06. The first-order valence-electron chi connectivity index (χ1n) is 9.00. The summed E-state index contributed by atoms with van der Waals surface area (Å²) in [6.07, 6.45) is 5.53. The third kappa shape index (κ3) is 3.05. The minimum Gasteiger partial charge on any atom is -0.351 e. The molecule has 6 heteroatoms. The van der Waals surface area contributed by atoms with Crippen molar-refractivity contribution in [2.75, 3.05) is 6.54 Å². The summed E-state index contributed by atoms with van der Waals surface area (Å²) in [4.78, 5) is 31.8. The number of carbonyl (C=O) groups is 1. The van der Waals surface area contributed by atoms with Crippen molar-refractivity contribution in [3.05, 3.63) is 68.6 Å². The van der Waals surface area contributed by atoms with Crippen LogP contribution in [0.15, 0.2) is 41.3 Å². The van der Waals surface area contributed by atoms with Crippen LogP contribution in [0, 0.1) is 0 Å². The molecule has 134 valence electrons. The van der Waals surface area contributed by atoms with E-state index in [4.69, 9.17) is 0 Å². The van der Waals surface area contributed by atoms with Gasteiger partial charge >= 0.3 is 0 Å². The van der Waals surface area contributed by atoms with E-state index >= 15 is 0 Å². The normalized spacial score (nSPS) is 14.8. The highest BCUT2D eigenvalue weighted by Crippen LogP contribution is 2.28. The molecule has 4 rings (SSSR count). The number of rotatable bonds is 4. The van der Waals surface area contributed by atoms with Gasteiger partial charge in [-0.2, -0.15) is 0 Å². The molecule has 0 spiro atoms. The SMILES string of the molecule is C[C@H](CNC(=O)c1cnc2sc3c(n2c1=O)CCCC3)c1ccccc1. The van der Waals surface area contributed by atoms with Gasteiger partial charge in [-0.1, -0.05) is 37.3 Å². The molecule has 1 aromatic carbocycles. The van der Waals surface area contributed by atoms with Crippen molar-refractivity contribution in [1.82, 2.24) is 14.7 Å². The summed E-state index contributed by atoms with van der Waals surface area (Å²) in [5.41, 5.74) is 2.07. The maximum Gasteiger partial charge on any atom is 0.271 e. The number of aromatic nitrogens is 2. The number of thiazole rings is 1. The summed E-state index contributed by atoms with van der Waals surface area (Å²) < 4.78 is 1.65. The molecule has 2 heterocycles. The molecule has 1 N–H and O–H groups in total. The second kappa shape index (κ2) is 7.03. The highest BCUT2D eigenvalue weighted by molar-refractivity contribution is 7.17. The minimum absolute atomic E-state index is 0.119. The van der Waals surface area contributed by atoms with Gasteiger partial charge in [0.15, 0.2) is 4.96 Å². The maximum absolute atomic E-state index is 12.9. The number of hydrogen-bond acceptors (Lipinski definition) is 4. The van der Waals surface area contributed by atoms with Crippen molar-refractivity contribution in [3.8, 4) is 0 Å². The van der Waals surface area contributed by atoms with Gasteiger partial charge in [0.2, 0.25) is 0 Å². The molecule has 1 aliphatic rings. The molecule has 0 bridgehead atoms. The van der Waals surface area contributed by atoms with Crippen LogP contribution in [0.5, 0.6) is 0 Å². The van der Waals surface area contributed by atoms with Gasteiger partial charge in [0.05, 0.1) is 0 Å². The Morgan fingerprint density at radius 1 is 1.27 bits per heavy atom. The van der Waals surface area contributed by atoms with Gasteiger partial charge in [-0.3, -0.25) is 14.0 Å². The number of hydrogen-bond donors (Lipinski definition) is 1. The van der Waals surface area contributed by atoms with Crippen molar-refractivity contribution in [2.24, 2.45) is 0 Å². The van der Waals surface area contributed by atoms with Crippen LogP contribution in [-0.4, -0.2) is 21.8 Å². The molecule has 0 saturated carbocycles. The number of nitrogens with zero attached hydrogens (tertiary/aromatic N) is 2. The largest absolute Gasteiger partial charge is 0.351 e. The second-order valence-electron chi connectivity index (χ2n) is 6.80. The highest BCUT2D eigenvalue weighted by atomic mass is 32.1. The van der Waals surface area contributed by atoms with Crippen LogP contribution >= 0.6 is 11.3 Å². The molecular formula is C20H21N3O2S. The number of benzene rings is 1. The lowest BCUT2D eigenvalue weighted by Crippen LogP contribution is -2.34. The van der Waals surface area contributed by atoms with Crippen molar-refractivity contribution in [2.45, 2.75) is 38.5 Å². The molecule has 1 amide bonds. The van der Waals surface area contributed by atoms with Gasteiger partial charge in [-0.25, -0.2) is 4.98 Å². The van der Waals surface area contributed by atoms with Gasteiger partial charge in [-0.05, 0) is 37.2 Å². The van der Waals surface area contributed by atoms with Crippen LogP contribution in [0.2, 0.25) is 0 Å². The first-order chi connectivity index (χ1) is 12.6. The van der Waals surface area contributed by atoms with Crippen molar-refractivity contribution >= 4 is 22.2 Å². The number of nitrogens with one attached hydrogen (secondary N) is 1. The molecule has 1 atom stereocenters. The Morgan fingerprint density at radius 2 is 2.04 bits per heavy atom. The van der Waals surface area contributed by atoms with E-state index in [0.717, 1.165) is 36.9 Å². The summed E-state index contributed by atoms with van der Waals surface area (Å²) >= 11 is 1.57. The Morgan fingerprint density at radius 3 is 2.85 bits per heavy atom. The molecule has 2 aromatic heterocycles. The minimum atomic E-state index is -0.351. The molecule has 3 aromatic rings. The van der Waals surface area contributed by atoms with Crippen molar-refractivity contribution in [3.63, 3.8) is 0 Å². The quantitative estimate of drug-likeness (QED) is 0.770. The second-order valence-corrected chi connectivity index (χ2v) is 7.86. The Labute approximate surface area is 155 Å². The summed E-state index contributed by atoms with van der Waals surface area (Å²) in [5.74, 6) is -0.177. The van der Waals surface area contributed by atoms with Crippen LogP contribution in [-0.2, 0) is 12.8 Å². The van der Waals surface area contributed by atoms with E-state index in [0.29, 0.717) is 11.5 Å². The summed E-state index contributed by atoms with van der Waals surface area (Å²) in [6, 6.07) is 10.0. The van der Waals surface area contributed by atoms with Gasteiger partial charge in [0.1, 0.15) is 5.56 Å². The van der Waals surface area contributed by atoms with Gasteiger partial charge in [0, 0.05) is 23.3 Å². The molecule has 26 heavy (non-hydrogen) atoms. The molecule has 0 unspecified atom stereocenters. The zero-order valence-corrected chi connectivity index (χ0v) is 15.5. The van der Waals surface area contributed by atoms with Crippen LogP contribution in [0.25, 0.3) is 4.96 Å². The van der Waals surface area contributed by atoms with E-state index in [1.165, 1.54) is 11.1 Å². The zero-order chi connectivity index (χ0) is 18.1. The van der Waals surface area contributed by atoms with E-state index in [2.05, 4.69) is 17.2 Å². The van der Waals surface area contributed by atoms with E-state index < -0.39 is 0 Å². The van der Waals surface area contributed by atoms with Crippen molar-refractivity contribution in [1.29, 1.82) is 0 Å². The van der Waals surface area contributed by atoms with E-state index in [1.807, 2.05) is 30.3 Å². The number of amides is 1. The van der Waals surface area contributed by atoms with Crippen LogP contribution < -0.4 is 10.9 Å². The lowest BCUT2D eigenvalue weighted by Gasteiger charge is -2.13. The Balaban J connectivity index is 1.57. The first kappa shape index (κ1) is 17.0. The van der Waals surface area contributed by atoms with Crippen LogP contribution in [0.1, 0.15) is 52.2 Å². The summed E-state index contributed by atoms with van der Waals surface area (Å²) in [7, 11) is 0. The lowest BCUT2D eigenvalue weighted by molar-refractivity contribution is 0.0949. The fraction of sp³-hybridized carbons (Fsp3) is 0.350. The molecule has 0 saturated heterocycles. The molecule has 0 fully saturated rings. The molecule has 5 nitrogen and oxygen atoms in total. The standard InChI is InChI=1S/C20H21N3O2S/c1-13(14-7-3-2-4-8-14)11-21-18(24)15-12-22-20-23(19(15)25)16-9-5-6-10-17(16)26-20/h2-4,7-8,12-13H,5-6,9-11H2,1H3,(H,21,24)/t13-/m1/s1. The van der Waals surface area contributed by atoms with Crippen molar-refractivity contribution < 1.29 is 4.79 Å². The highest BCUT2D eigenvalue weighted by Gasteiger charge is 2.21. The summed E-state index contributed by atoms with van der Waals surface area (Å²) in [6.45, 7) is 2.53. The molecule has 0 radical (unpaired) electrons. The van der Waals surface area contributed by atoms with Gasteiger partial charge in [-0.15, -0.1) is 11.3 Å². The molecule has 1 aliphatic carbocycles. The zero-order valence-electron chi connectivity index (χ0n) is 14.7. The Kier molecular flexibility index (Phi) is 4.59. The summed E-state index contributed by atoms with van der Waals surface area (Å²) in [5, 5.41) is 2.89. The topological polar surface area (TPSA) is 63.5 Å². The maximum atomic E-state index is 12.9. The number of aryl methyl sites for hydroxylation is 2. The predicted octanol–water partition coefficient (Wildman–Crippen LogP) is 3.17. The number of fused-ring (bicyclic) bond motifs is 3. The van der Waals surface area contributed by atoms with Crippen LogP contribution in [0.4, 0.5) is 0 Å². The molecule has 0 aliphatic heterocycles. The van der Waals surface area contributed by atoms with Gasteiger partial charge in [0.25, 0.3) is 11.5 Å². The van der Waals surface area contributed by atoms with Gasteiger partial charge < -0.3 is 5.32 Å². The smallest absolute Gasteiger partial charge is 0.271 e. The van der Waals surface area contributed by atoms with E-state index in [9.17, 15) is 9.59 Å². The predicted molar refractivity (Wildman–Crippen MR) is 103 cm³/mol. The number of carbonyl (C=O) groups excluding carboxylic acids is 1. The Hall–Kier alpha value is -2.47. The fourth-order valence-electron chi connectivity index (χ4n) is 3.46. The average molecular weight is 367 g/mol. The van der Waals surface area contributed by atoms with E-state index in [-0.39, 0.29) is 22.9 Å². The fourth-order valence-corrected chi connectivity index (χ4v) is 4.63. The Bertz CT molecular complexity index is 1010. The third-order valence-corrected chi connectivity index (χ3v) is 6.14.